The van der Waals surface area contributed by atoms with Crippen LogP contribution in [0.4, 0.5) is 0 Å². The number of aromatic amines is 2. The molecule has 6 heteroatoms. The van der Waals surface area contributed by atoms with Gasteiger partial charge in [-0.25, -0.2) is 9.97 Å². The third kappa shape index (κ3) is 2.53. The minimum atomic E-state index is -0.186. The number of nitrogens with zero attached hydrogens (tertiary/aromatic N) is 2. The van der Waals surface area contributed by atoms with Crippen molar-refractivity contribution in [1.29, 1.82) is 0 Å². The molecule has 0 aliphatic rings. The fourth-order valence-corrected chi connectivity index (χ4v) is 2.54. The summed E-state index contributed by atoms with van der Waals surface area (Å²) in [6, 6.07) is 8.30. The lowest BCUT2D eigenvalue weighted by Gasteiger charge is -2.01. The Morgan fingerprint density at radius 3 is 2.84 bits per heavy atom. The molecular formula is C13H12N4OS. The Bertz CT molecular complexity index is 760. The Labute approximate surface area is 113 Å². The van der Waals surface area contributed by atoms with Crippen molar-refractivity contribution in [3.8, 4) is 0 Å². The Kier molecular flexibility index (Phi) is 3.08. The highest BCUT2D eigenvalue weighted by Gasteiger charge is 2.06. The molecule has 0 aliphatic carbocycles. The first kappa shape index (κ1) is 12.0. The second kappa shape index (κ2) is 4.89. The minimum Gasteiger partial charge on any atom is -0.339 e. The fraction of sp³-hybridized carbons (Fsp3) is 0.154. The maximum atomic E-state index is 11.7. The van der Waals surface area contributed by atoms with Gasteiger partial charge in [-0.05, 0) is 12.5 Å². The van der Waals surface area contributed by atoms with Crippen LogP contribution in [0, 0.1) is 6.92 Å². The molecular weight excluding hydrogens is 260 g/mol. The van der Waals surface area contributed by atoms with Crippen molar-refractivity contribution < 1.29 is 0 Å². The summed E-state index contributed by atoms with van der Waals surface area (Å²) in [5, 5.41) is 0.588. The predicted molar refractivity (Wildman–Crippen MR) is 75.2 cm³/mol. The number of imidazole rings is 1. The van der Waals surface area contributed by atoms with Crippen LogP contribution >= 0.6 is 11.8 Å². The van der Waals surface area contributed by atoms with Crippen molar-refractivity contribution in [1.82, 2.24) is 19.9 Å². The van der Waals surface area contributed by atoms with E-state index in [9.17, 15) is 4.79 Å². The molecule has 0 spiro atoms. The molecule has 0 aliphatic heterocycles. The third-order valence-electron chi connectivity index (χ3n) is 2.77. The number of thioether (sulfide) groups is 1. The molecule has 0 bridgehead atoms. The van der Waals surface area contributed by atoms with Gasteiger partial charge in [0.05, 0.1) is 6.33 Å². The molecule has 2 heterocycles. The molecule has 2 aromatic heterocycles. The molecule has 1 aromatic carbocycles. The highest BCUT2D eigenvalue weighted by molar-refractivity contribution is 7.98. The first-order valence-corrected chi connectivity index (χ1v) is 6.83. The van der Waals surface area contributed by atoms with Crippen LogP contribution in [0.15, 0.2) is 40.5 Å². The summed E-state index contributed by atoms with van der Waals surface area (Å²) in [6.45, 7) is 2.06. The quantitative estimate of drug-likeness (QED) is 0.566. The maximum absolute atomic E-state index is 11.7. The summed E-state index contributed by atoms with van der Waals surface area (Å²) in [4.78, 5) is 25.5. The summed E-state index contributed by atoms with van der Waals surface area (Å²) >= 11 is 1.49. The SMILES string of the molecule is Cc1ccc(CSc2nc3nc[nH]c3c(=O)[nH]2)cc1. The van der Waals surface area contributed by atoms with Gasteiger partial charge in [-0.3, -0.25) is 9.78 Å². The molecule has 0 saturated heterocycles. The number of aromatic nitrogens is 4. The number of hydrogen-bond donors (Lipinski definition) is 2. The van der Waals surface area contributed by atoms with Crippen LogP contribution < -0.4 is 5.56 Å². The van der Waals surface area contributed by atoms with Crippen LogP contribution in [0.3, 0.4) is 0 Å². The van der Waals surface area contributed by atoms with Crippen molar-refractivity contribution in [3.63, 3.8) is 0 Å². The number of rotatable bonds is 3. The van der Waals surface area contributed by atoms with Gasteiger partial charge in [0.15, 0.2) is 16.3 Å². The van der Waals surface area contributed by atoms with E-state index in [1.807, 2.05) is 0 Å². The highest BCUT2D eigenvalue weighted by Crippen LogP contribution is 2.19. The van der Waals surface area contributed by atoms with Gasteiger partial charge in [-0.15, -0.1) is 0 Å². The van der Waals surface area contributed by atoms with Crippen molar-refractivity contribution in [2.45, 2.75) is 17.8 Å². The zero-order chi connectivity index (χ0) is 13.2. The first-order valence-electron chi connectivity index (χ1n) is 5.84. The lowest BCUT2D eigenvalue weighted by atomic mass is 10.2. The van der Waals surface area contributed by atoms with Crippen molar-refractivity contribution in [3.05, 3.63) is 52.1 Å². The van der Waals surface area contributed by atoms with Gasteiger partial charge in [0.25, 0.3) is 5.56 Å². The molecule has 2 N–H and O–H groups in total. The molecule has 0 unspecified atom stereocenters. The molecule has 3 aromatic rings. The van der Waals surface area contributed by atoms with E-state index < -0.39 is 0 Å². The topological polar surface area (TPSA) is 74.4 Å². The Hall–Kier alpha value is -2.08. The number of fused-ring (bicyclic) bond motifs is 1. The number of benzene rings is 1. The van der Waals surface area contributed by atoms with Gasteiger partial charge in [-0.2, -0.15) is 0 Å². The van der Waals surface area contributed by atoms with Gasteiger partial charge < -0.3 is 4.98 Å². The lowest BCUT2D eigenvalue weighted by molar-refractivity contribution is 0.964. The first-order chi connectivity index (χ1) is 9.22. The van der Waals surface area contributed by atoms with Crippen molar-refractivity contribution in [2.24, 2.45) is 0 Å². The normalized spacial score (nSPS) is 11.0. The van der Waals surface area contributed by atoms with Gasteiger partial charge in [-0.1, -0.05) is 41.6 Å². The predicted octanol–water partition coefficient (Wildman–Crippen LogP) is 2.25. The van der Waals surface area contributed by atoms with Crippen LogP contribution in [0.1, 0.15) is 11.1 Å². The summed E-state index contributed by atoms with van der Waals surface area (Å²) in [5.74, 6) is 0.763. The molecule has 19 heavy (non-hydrogen) atoms. The van der Waals surface area contributed by atoms with E-state index in [2.05, 4.69) is 51.1 Å². The maximum Gasteiger partial charge on any atom is 0.277 e. The number of hydrogen-bond acceptors (Lipinski definition) is 4. The molecule has 0 fully saturated rings. The van der Waals surface area contributed by atoms with Crippen LogP contribution in [0.5, 0.6) is 0 Å². The van der Waals surface area contributed by atoms with Gasteiger partial charge in [0.1, 0.15) is 0 Å². The van der Waals surface area contributed by atoms with E-state index in [1.54, 1.807) is 0 Å². The van der Waals surface area contributed by atoms with E-state index >= 15 is 0 Å². The summed E-state index contributed by atoms with van der Waals surface area (Å²) in [5.41, 5.74) is 3.11. The third-order valence-corrected chi connectivity index (χ3v) is 3.71. The van der Waals surface area contributed by atoms with Gasteiger partial charge in [0.2, 0.25) is 0 Å². The highest BCUT2D eigenvalue weighted by atomic mass is 32.2. The second-order valence-electron chi connectivity index (χ2n) is 4.25. The Morgan fingerprint density at radius 1 is 1.26 bits per heavy atom. The van der Waals surface area contributed by atoms with Crippen LogP contribution in [0.25, 0.3) is 11.2 Å². The van der Waals surface area contributed by atoms with Crippen molar-refractivity contribution >= 4 is 22.9 Å². The largest absolute Gasteiger partial charge is 0.339 e. The lowest BCUT2D eigenvalue weighted by Crippen LogP contribution is -2.09. The van der Waals surface area contributed by atoms with Crippen LogP contribution in [-0.4, -0.2) is 19.9 Å². The average molecular weight is 272 g/mol. The van der Waals surface area contributed by atoms with E-state index in [4.69, 9.17) is 0 Å². The van der Waals surface area contributed by atoms with Gasteiger partial charge >= 0.3 is 0 Å². The summed E-state index contributed by atoms with van der Waals surface area (Å²) < 4.78 is 0. The molecule has 96 valence electrons. The monoisotopic (exact) mass is 272 g/mol. The zero-order valence-electron chi connectivity index (χ0n) is 10.3. The van der Waals surface area contributed by atoms with E-state index in [1.165, 1.54) is 29.2 Å². The Balaban J connectivity index is 1.81. The number of aryl methyl sites for hydroxylation is 1. The number of nitrogens with one attached hydrogen (secondary N) is 2. The molecule has 0 amide bonds. The van der Waals surface area contributed by atoms with Crippen LogP contribution in [-0.2, 0) is 5.75 Å². The molecule has 0 saturated carbocycles. The number of H-pyrrole nitrogens is 2. The summed E-state index contributed by atoms with van der Waals surface area (Å²) in [7, 11) is 0. The van der Waals surface area contributed by atoms with E-state index in [0.29, 0.717) is 16.3 Å². The molecule has 0 radical (unpaired) electrons. The fourth-order valence-electron chi connectivity index (χ4n) is 1.73. The molecule has 3 rings (SSSR count). The summed E-state index contributed by atoms with van der Waals surface area (Å²) in [6.07, 6.45) is 1.47. The van der Waals surface area contributed by atoms with Crippen LogP contribution in [0.2, 0.25) is 0 Å². The average Bonchev–Trinajstić information content (AvgIpc) is 2.87. The standard InChI is InChI=1S/C13H12N4OS/c1-8-2-4-9(5-3-8)6-19-13-16-11-10(12(18)17-13)14-7-15-11/h2-5,7H,6H2,1H3,(H2,14,15,16,17,18). The van der Waals surface area contributed by atoms with Gasteiger partial charge in [0, 0.05) is 5.75 Å². The van der Waals surface area contributed by atoms with Crippen molar-refractivity contribution in [2.75, 3.05) is 0 Å². The minimum absolute atomic E-state index is 0.186. The smallest absolute Gasteiger partial charge is 0.277 e. The second-order valence-corrected chi connectivity index (χ2v) is 5.21. The van der Waals surface area contributed by atoms with E-state index in [0.717, 1.165) is 5.75 Å². The zero-order valence-corrected chi connectivity index (χ0v) is 11.1. The molecule has 0 atom stereocenters. The Morgan fingerprint density at radius 2 is 2.05 bits per heavy atom. The van der Waals surface area contributed by atoms with E-state index in [-0.39, 0.29) is 5.56 Å². The molecule has 5 nitrogen and oxygen atoms in total.